The van der Waals surface area contributed by atoms with Gasteiger partial charge in [0.25, 0.3) is 0 Å². The summed E-state index contributed by atoms with van der Waals surface area (Å²) >= 11 is 0. The van der Waals surface area contributed by atoms with Crippen LogP contribution in [0.2, 0.25) is 0 Å². The highest BCUT2D eigenvalue weighted by Gasteiger charge is 2.27. The number of aromatic nitrogens is 4. The van der Waals surface area contributed by atoms with Crippen molar-refractivity contribution < 1.29 is 0 Å². The molecule has 15 rings (SSSR count). The molecule has 0 bridgehead atoms. The number of hydrogen-bond acceptors (Lipinski definition) is 1. The molecule has 4 nitrogen and oxygen atoms in total. The van der Waals surface area contributed by atoms with Crippen LogP contribution in [0.1, 0.15) is 0 Å². The minimum absolute atomic E-state index is 0.999. The van der Waals surface area contributed by atoms with Crippen LogP contribution in [0.15, 0.2) is 182 Å². The molecule has 0 saturated carbocycles. The Bertz CT molecular complexity index is 4300. The summed E-state index contributed by atoms with van der Waals surface area (Å²) in [4.78, 5) is 5.79. The van der Waals surface area contributed by atoms with Gasteiger partial charge in [0.05, 0.1) is 44.1 Å². The van der Waals surface area contributed by atoms with E-state index in [4.69, 9.17) is 4.98 Å². The number of fused-ring (bicyclic) bond motifs is 19. The molecule has 0 atom stereocenters. The van der Waals surface area contributed by atoms with E-state index in [-0.39, 0.29) is 0 Å². The Kier molecular flexibility index (Phi) is 5.38. The van der Waals surface area contributed by atoms with E-state index >= 15 is 0 Å². The summed E-state index contributed by atoms with van der Waals surface area (Å²) in [5.41, 5.74) is 14.1. The van der Waals surface area contributed by atoms with Crippen molar-refractivity contribution >= 4 is 120 Å². The summed E-state index contributed by atoms with van der Waals surface area (Å²) in [6.45, 7) is 0. The van der Waals surface area contributed by atoms with Gasteiger partial charge in [-0.25, -0.2) is 4.98 Å². The van der Waals surface area contributed by atoms with E-state index < -0.39 is 0 Å². The summed E-state index contributed by atoms with van der Waals surface area (Å²) in [6.07, 6.45) is 0. The topological polar surface area (TPSA) is 26.6 Å². The van der Waals surface area contributed by atoms with Gasteiger partial charge in [0.15, 0.2) is 0 Å². The molecule has 0 saturated heterocycles. The number of rotatable bonds is 2. The third-order valence-electron chi connectivity index (χ3n) is 13.4. The molecule has 9 aromatic carbocycles. The first kappa shape index (κ1) is 30.2. The Labute approximate surface area is 335 Å². The van der Waals surface area contributed by atoms with Gasteiger partial charge in [0.2, 0.25) is 0 Å². The largest absolute Gasteiger partial charge is 0.309 e. The zero-order chi connectivity index (χ0) is 38.1. The van der Waals surface area contributed by atoms with Crippen LogP contribution in [0, 0.1) is 0 Å². The standard InChI is InChI=1S/C55H30N4/c1-2-15-34(16-3-1)57-45-23-10-9-20-38(45)42-28-33(25-26-47(42)57)41-27-31-13-4-6-17-35(31)49-50-36-18-7-5-14-32(36)29-43-44-30-48-51(56-55(44)59(53(41)49)54(43)50)40-22-12-21-39-37-19-8-11-24-46(37)58(48)52(39)40/h1-30H. The van der Waals surface area contributed by atoms with Crippen molar-refractivity contribution in [3.05, 3.63) is 182 Å². The lowest BCUT2D eigenvalue weighted by Gasteiger charge is -2.12. The monoisotopic (exact) mass is 746 g/mol. The lowest BCUT2D eigenvalue weighted by atomic mass is 9.93. The lowest BCUT2D eigenvalue weighted by Crippen LogP contribution is -1.93. The molecule has 0 spiro atoms. The second kappa shape index (κ2) is 10.5. The third-order valence-corrected chi connectivity index (χ3v) is 13.4. The van der Waals surface area contributed by atoms with Crippen LogP contribution in [0.5, 0.6) is 0 Å². The molecule has 4 heteroatoms. The zero-order valence-corrected chi connectivity index (χ0v) is 31.6. The number of nitrogens with zero attached hydrogens (tertiary/aromatic N) is 4. The van der Waals surface area contributed by atoms with Crippen LogP contribution in [-0.4, -0.2) is 18.4 Å². The van der Waals surface area contributed by atoms with E-state index in [1.54, 1.807) is 0 Å². The second-order valence-corrected chi connectivity index (χ2v) is 16.3. The molecule has 0 aliphatic carbocycles. The van der Waals surface area contributed by atoms with E-state index in [2.05, 4.69) is 195 Å². The van der Waals surface area contributed by atoms with Gasteiger partial charge in [0.1, 0.15) is 5.65 Å². The van der Waals surface area contributed by atoms with Crippen LogP contribution in [0.4, 0.5) is 0 Å². The smallest absolute Gasteiger partial charge is 0.146 e. The second-order valence-electron chi connectivity index (χ2n) is 16.3. The van der Waals surface area contributed by atoms with Crippen molar-refractivity contribution in [2.75, 3.05) is 0 Å². The molecule has 0 amide bonds. The molecule has 6 heterocycles. The Morgan fingerprint density at radius 3 is 1.78 bits per heavy atom. The minimum atomic E-state index is 0.999. The highest BCUT2D eigenvalue weighted by molar-refractivity contribution is 6.37. The molecule has 0 N–H and O–H groups in total. The van der Waals surface area contributed by atoms with E-state index in [9.17, 15) is 0 Å². The first-order valence-electron chi connectivity index (χ1n) is 20.4. The Morgan fingerprint density at radius 2 is 0.966 bits per heavy atom. The summed E-state index contributed by atoms with van der Waals surface area (Å²) < 4.78 is 7.37. The molecule has 0 fully saturated rings. The third kappa shape index (κ3) is 3.60. The maximum absolute atomic E-state index is 5.79. The van der Waals surface area contributed by atoms with Gasteiger partial charge in [-0.2, -0.15) is 0 Å². The predicted molar refractivity (Wildman–Crippen MR) is 248 cm³/mol. The van der Waals surface area contributed by atoms with E-state index in [1.165, 1.54) is 114 Å². The van der Waals surface area contributed by atoms with E-state index in [1.807, 2.05) is 0 Å². The van der Waals surface area contributed by atoms with Crippen LogP contribution in [-0.2, 0) is 0 Å². The molecule has 0 aliphatic heterocycles. The average Bonchev–Trinajstić information content (AvgIpc) is 4.08. The van der Waals surface area contributed by atoms with Crippen LogP contribution >= 0.6 is 0 Å². The van der Waals surface area contributed by atoms with Crippen LogP contribution in [0.25, 0.3) is 137 Å². The number of benzene rings is 9. The maximum Gasteiger partial charge on any atom is 0.146 e. The van der Waals surface area contributed by atoms with Gasteiger partial charge >= 0.3 is 0 Å². The summed E-state index contributed by atoms with van der Waals surface area (Å²) in [6, 6.07) is 67.2. The van der Waals surface area contributed by atoms with Crippen molar-refractivity contribution in [1.82, 2.24) is 18.4 Å². The number of pyridine rings is 1. The fourth-order valence-corrected chi connectivity index (χ4v) is 11.1. The molecule has 0 radical (unpaired) electrons. The zero-order valence-electron chi connectivity index (χ0n) is 31.6. The fraction of sp³-hybridized carbons (Fsp3) is 0. The van der Waals surface area contributed by atoms with E-state index in [0.29, 0.717) is 0 Å². The van der Waals surface area contributed by atoms with Crippen molar-refractivity contribution in [1.29, 1.82) is 0 Å². The number of para-hydroxylation sites is 4. The predicted octanol–water partition coefficient (Wildman–Crippen LogP) is 14.5. The first-order valence-corrected chi connectivity index (χ1v) is 20.4. The van der Waals surface area contributed by atoms with Gasteiger partial charge in [0, 0.05) is 59.7 Å². The molecule has 15 aromatic rings. The van der Waals surface area contributed by atoms with Crippen molar-refractivity contribution in [3.63, 3.8) is 0 Å². The Hall–Kier alpha value is -7.95. The van der Waals surface area contributed by atoms with Gasteiger partial charge in [-0.15, -0.1) is 0 Å². The van der Waals surface area contributed by atoms with Gasteiger partial charge in [-0.3, -0.25) is 4.40 Å². The lowest BCUT2D eigenvalue weighted by molar-refractivity contribution is 1.18. The normalized spacial score (nSPS) is 12.7. The molecular formula is C55H30N4. The average molecular weight is 747 g/mol. The van der Waals surface area contributed by atoms with Crippen molar-refractivity contribution in [2.45, 2.75) is 0 Å². The highest BCUT2D eigenvalue weighted by atomic mass is 15.0. The summed E-state index contributed by atoms with van der Waals surface area (Å²) in [5.74, 6) is 0. The quantitative estimate of drug-likeness (QED) is 0.173. The Morgan fingerprint density at radius 1 is 0.339 bits per heavy atom. The molecule has 270 valence electrons. The van der Waals surface area contributed by atoms with Gasteiger partial charge < -0.3 is 8.97 Å². The SMILES string of the molecule is c1ccc(-n2c3ccccc3c3cc(-c4cc5ccccc5c5c6c7ccccc7cc7c8cc9c(nc8n(c45)c76)c4cccc5c6ccccc6n9c54)ccc32)cc1. The molecule has 0 aliphatic rings. The van der Waals surface area contributed by atoms with Crippen molar-refractivity contribution in [2.24, 2.45) is 0 Å². The van der Waals surface area contributed by atoms with Gasteiger partial charge in [-0.05, 0) is 81.7 Å². The minimum Gasteiger partial charge on any atom is -0.309 e. The highest BCUT2D eigenvalue weighted by Crippen LogP contribution is 2.49. The van der Waals surface area contributed by atoms with E-state index in [0.717, 1.165) is 22.4 Å². The molecular weight excluding hydrogens is 717 g/mol. The summed E-state index contributed by atoms with van der Waals surface area (Å²) in [7, 11) is 0. The Balaban J connectivity index is 1.15. The fourth-order valence-electron chi connectivity index (χ4n) is 11.1. The van der Waals surface area contributed by atoms with Gasteiger partial charge in [-0.1, -0.05) is 127 Å². The summed E-state index contributed by atoms with van der Waals surface area (Å²) in [5, 5.41) is 16.2. The first-order chi connectivity index (χ1) is 29.3. The van der Waals surface area contributed by atoms with Crippen molar-refractivity contribution in [3.8, 4) is 16.8 Å². The molecule has 0 unspecified atom stereocenters. The molecule has 6 aromatic heterocycles. The number of hydrogen-bond donors (Lipinski definition) is 0. The maximum atomic E-state index is 5.79. The van der Waals surface area contributed by atoms with Crippen LogP contribution < -0.4 is 0 Å². The van der Waals surface area contributed by atoms with Crippen LogP contribution in [0.3, 0.4) is 0 Å². The molecule has 59 heavy (non-hydrogen) atoms.